The molecule has 38 heavy (non-hydrogen) atoms. The van der Waals surface area contributed by atoms with Crippen molar-refractivity contribution in [2.45, 2.75) is 6.92 Å². The van der Waals surface area contributed by atoms with Gasteiger partial charge in [-0.25, -0.2) is 4.98 Å². The molecule has 0 fully saturated rings. The van der Waals surface area contributed by atoms with E-state index in [1.807, 2.05) is 25.3 Å². The minimum absolute atomic E-state index is 0.915. The van der Waals surface area contributed by atoms with Crippen molar-refractivity contribution in [3.8, 4) is 22.3 Å². The first-order valence-corrected chi connectivity index (χ1v) is 12.8. The maximum absolute atomic E-state index is 6.04. The van der Waals surface area contributed by atoms with E-state index in [-0.39, 0.29) is 0 Å². The Balaban J connectivity index is 1.31. The molecule has 2 aromatic heterocycles. The van der Waals surface area contributed by atoms with Crippen LogP contribution in [0.2, 0.25) is 0 Å². The number of hydrogen-bond acceptors (Lipinski definition) is 3. The van der Waals surface area contributed by atoms with Crippen LogP contribution in [0.15, 0.2) is 120 Å². The first-order valence-electron chi connectivity index (χ1n) is 12.8. The first-order chi connectivity index (χ1) is 18.7. The number of benzene rings is 6. The third kappa shape index (κ3) is 3.15. The number of furan rings is 1. The van der Waals surface area contributed by atoms with Crippen LogP contribution in [0.1, 0.15) is 5.69 Å². The smallest absolute Gasteiger partial charge is 0.135 e. The predicted molar refractivity (Wildman–Crippen MR) is 157 cm³/mol. The summed E-state index contributed by atoms with van der Waals surface area (Å²) in [7, 11) is 0. The molecule has 0 bridgehead atoms. The van der Waals surface area contributed by atoms with Crippen LogP contribution in [0.4, 0.5) is 0 Å². The Labute approximate surface area is 219 Å². The normalized spacial score (nSPS) is 11.8. The summed E-state index contributed by atoms with van der Waals surface area (Å²) in [5.74, 6) is 0. The molecule has 178 valence electrons. The van der Waals surface area contributed by atoms with Crippen LogP contribution < -0.4 is 0 Å². The molecule has 0 N–H and O–H groups in total. The van der Waals surface area contributed by atoms with Gasteiger partial charge in [-0.05, 0) is 70.3 Å². The van der Waals surface area contributed by atoms with E-state index in [0.717, 1.165) is 49.4 Å². The van der Waals surface area contributed by atoms with Gasteiger partial charge in [0.15, 0.2) is 0 Å². The van der Waals surface area contributed by atoms with Gasteiger partial charge >= 0.3 is 0 Å². The summed E-state index contributed by atoms with van der Waals surface area (Å²) in [6, 6.07) is 38.6. The van der Waals surface area contributed by atoms with Crippen LogP contribution in [-0.4, -0.2) is 9.97 Å². The number of rotatable bonds is 2. The van der Waals surface area contributed by atoms with E-state index in [1.165, 1.54) is 33.0 Å². The Hall–Kier alpha value is -5.02. The highest BCUT2D eigenvalue weighted by Crippen LogP contribution is 2.37. The van der Waals surface area contributed by atoms with Gasteiger partial charge in [0.1, 0.15) is 11.2 Å². The van der Waals surface area contributed by atoms with Crippen molar-refractivity contribution in [2.24, 2.45) is 0 Å². The summed E-state index contributed by atoms with van der Waals surface area (Å²) in [6.07, 6.45) is 1.86. The van der Waals surface area contributed by atoms with Crippen LogP contribution in [0.5, 0.6) is 0 Å². The van der Waals surface area contributed by atoms with E-state index in [1.54, 1.807) is 0 Å². The lowest BCUT2D eigenvalue weighted by Gasteiger charge is -2.12. The van der Waals surface area contributed by atoms with Gasteiger partial charge in [0.05, 0.1) is 16.7 Å². The van der Waals surface area contributed by atoms with Crippen molar-refractivity contribution in [2.75, 3.05) is 0 Å². The van der Waals surface area contributed by atoms with Crippen LogP contribution in [-0.2, 0) is 0 Å². The molecule has 3 heteroatoms. The molecule has 0 atom stereocenters. The van der Waals surface area contributed by atoms with Crippen LogP contribution >= 0.6 is 0 Å². The summed E-state index contributed by atoms with van der Waals surface area (Å²) in [5, 5.41) is 6.95. The van der Waals surface area contributed by atoms with Gasteiger partial charge in [0, 0.05) is 27.7 Å². The highest BCUT2D eigenvalue weighted by Gasteiger charge is 2.13. The van der Waals surface area contributed by atoms with Gasteiger partial charge in [-0.15, -0.1) is 0 Å². The Bertz CT molecular complexity index is 2190. The summed E-state index contributed by atoms with van der Waals surface area (Å²) in [6.45, 7) is 1.99. The minimum Gasteiger partial charge on any atom is -0.456 e. The Morgan fingerprint density at radius 1 is 0.474 bits per heavy atom. The molecular weight excluding hydrogens is 464 g/mol. The molecule has 3 nitrogen and oxygen atoms in total. The minimum atomic E-state index is 0.915. The van der Waals surface area contributed by atoms with Gasteiger partial charge in [0.25, 0.3) is 0 Å². The summed E-state index contributed by atoms with van der Waals surface area (Å²) in [5.41, 5.74) is 9.39. The number of para-hydroxylation sites is 1. The third-order valence-corrected chi connectivity index (χ3v) is 7.55. The Morgan fingerprint density at radius 3 is 1.95 bits per heavy atom. The Kier molecular flexibility index (Phi) is 4.44. The van der Waals surface area contributed by atoms with E-state index in [0.29, 0.717) is 0 Å². The molecule has 8 rings (SSSR count). The van der Waals surface area contributed by atoms with E-state index >= 15 is 0 Å². The maximum atomic E-state index is 6.04. The SMILES string of the molecule is Cc1cnc2c3ccc(-c4cccc(-c5ccc6oc7ccccc7c6c5)c4)cc3c3ccccc3c2n1. The molecule has 6 aromatic carbocycles. The maximum Gasteiger partial charge on any atom is 0.135 e. The molecule has 0 aliphatic rings. The van der Waals surface area contributed by atoms with Crippen molar-refractivity contribution in [3.05, 3.63) is 121 Å². The quantitative estimate of drug-likeness (QED) is 0.228. The van der Waals surface area contributed by atoms with Crippen LogP contribution in [0, 0.1) is 6.92 Å². The van der Waals surface area contributed by atoms with Crippen molar-refractivity contribution < 1.29 is 4.42 Å². The fraction of sp³-hybridized carbons (Fsp3) is 0.0286. The number of nitrogens with zero attached hydrogens (tertiary/aromatic N) is 2. The summed E-state index contributed by atoms with van der Waals surface area (Å²) < 4.78 is 6.04. The zero-order valence-electron chi connectivity index (χ0n) is 20.8. The first kappa shape index (κ1) is 21.1. The summed E-state index contributed by atoms with van der Waals surface area (Å²) in [4.78, 5) is 9.63. The molecule has 0 saturated heterocycles. The monoisotopic (exact) mass is 486 g/mol. The largest absolute Gasteiger partial charge is 0.456 e. The van der Waals surface area contributed by atoms with Gasteiger partial charge < -0.3 is 4.42 Å². The fourth-order valence-electron chi connectivity index (χ4n) is 5.72. The molecule has 8 aromatic rings. The van der Waals surface area contributed by atoms with Crippen molar-refractivity contribution in [1.29, 1.82) is 0 Å². The molecule has 0 radical (unpaired) electrons. The third-order valence-electron chi connectivity index (χ3n) is 7.55. The molecule has 0 aliphatic heterocycles. The molecule has 0 aliphatic carbocycles. The van der Waals surface area contributed by atoms with Crippen molar-refractivity contribution >= 4 is 54.5 Å². The zero-order valence-corrected chi connectivity index (χ0v) is 20.8. The standard InChI is InChI=1S/C35H22N2O/c1-21-20-36-34-29-15-13-24(18-30(29)26-9-2-3-11-28(26)35(34)37-21)22-7-6-8-23(17-22)25-14-16-33-31(19-25)27-10-4-5-12-32(27)38-33/h2-20H,1H3. The fourth-order valence-corrected chi connectivity index (χ4v) is 5.72. The Morgan fingerprint density at radius 2 is 1.11 bits per heavy atom. The molecule has 0 saturated carbocycles. The molecular formula is C35H22N2O. The zero-order chi connectivity index (χ0) is 25.2. The van der Waals surface area contributed by atoms with Gasteiger partial charge in [0.2, 0.25) is 0 Å². The van der Waals surface area contributed by atoms with E-state index < -0.39 is 0 Å². The highest BCUT2D eigenvalue weighted by atomic mass is 16.3. The number of fused-ring (bicyclic) bond motifs is 9. The van der Waals surface area contributed by atoms with Crippen LogP contribution in [0.25, 0.3) is 76.8 Å². The highest BCUT2D eigenvalue weighted by molar-refractivity contribution is 6.23. The average Bonchev–Trinajstić information content (AvgIpc) is 3.35. The van der Waals surface area contributed by atoms with E-state index in [4.69, 9.17) is 14.4 Å². The van der Waals surface area contributed by atoms with Gasteiger partial charge in [-0.1, -0.05) is 78.9 Å². The van der Waals surface area contributed by atoms with Crippen LogP contribution in [0.3, 0.4) is 0 Å². The van der Waals surface area contributed by atoms with E-state index in [2.05, 4.69) is 97.1 Å². The lowest BCUT2D eigenvalue weighted by Crippen LogP contribution is -1.91. The van der Waals surface area contributed by atoms with Gasteiger partial charge in [-0.3, -0.25) is 4.98 Å². The second-order valence-electron chi connectivity index (χ2n) is 9.90. The lowest BCUT2D eigenvalue weighted by molar-refractivity contribution is 0.669. The van der Waals surface area contributed by atoms with Gasteiger partial charge in [-0.2, -0.15) is 0 Å². The predicted octanol–water partition coefficient (Wildman–Crippen LogP) is 9.48. The molecule has 0 unspecified atom stereocenters. The van der Waals surface area contributed by atoms with Crippen molar-refractivity contribution in [1.82, 2.24) is 9.97 Å². The molecule has 0 spiro atoms. The molecule has 2 heterocycles. The van der Waals surface area contributed by atoms with E-state index in [9.17, 15) is 0 Å². The van der Waals surface area contributed by atoms with Crippen molar-refractivity contribution in [3.63, 3.8) is 0 Å². The summed E-state index contributed by atoms with van der Waals surface area (Å²) >= 11 is 0. The number of aromatic nitrogens is 2. The second-order valence-corrected chi connectivity index (χ2v) is 9.90. The molecule has 0 amide bonds. The lowest BCUT2D eigenvalue weighted by atomic mass is 9.94. The number of aryl methyl sites for hydroxylation is 1. The second kappa shape index (κ2) is 7.99. The average molecular weight is 487 g/mol. The number of hydrogen-bond donors (Lipinski definition) is 0. The topological polar surface area (TPSA) is 38.9 Å².